The highest BCUT2D eigenvalue weighted by atomic mass is 16.3. The molecule has 1 atom stereocenters. The first kappa shape index (κ1) is 22.5. The fourth-order valence-electron chi connectivity index (χ4n) is 4.19. The van der Waals surface area contributed by atoms with Crippen LogP contribution >= 0.6 is 0 Å². The second-order valence-electron chi connectivity index (χ2n) is 8.91. The third-order valence-electron chi connectivity index (χ3n) is 6.31. The molecule has 1 amide bonds. The quantitative estimate of drug-likeness (QED) is 0.326. The second kappa shape index (κ2) is 9.02. The summed E-state index contributed by atoms with van der Waals surface area (Å²) in [6, 6.07) is 16.4. The van der Waals surface area contributed by atoms with Gasteiger partial charge in [-0.15, -0.1) is 0 Å². The predicted octanol–water partition coefficient (Wildman–Crippen LogP) is 5.44. The highest BCUT2D eigenvalue weighted by molar-refractivity contribution is 6.46. The molecule has 0 saturated carbocycles. The smallest absolute Gasteiger partial charge is 0.295 e. The number of carbonyl (C=O) groups is 2. The molecule has 1 unspecified atom stereocenters. The number of hydrogen-bond donors (Lipinski definition) is 1. The number of rotatable bonds is 5. The number of carbonyl (C=O) groups excluding carboxylic acids is 2. The van der Waals surface area contributed by atoms with E-state index in [0.29, 0.717) is 11.5 Å². The minimum atomic E-state index is -0.687. The number of aromatic nitrogens is 1. The van der Waals surface area contributed by atoms with Gasteiger partial charge in [0.05, 0.1) is 11.6 Å². The first-order chi connectivity index (χ1) is 15.8. The molecule has 0 aliphatic carbocycles. The minimum Gasteiger partial charge on any atom is -0.507 e. The standard InChI is InChI=1S/C28H28N2O3/c1-17(2)21-9-11-22(12-10-21)25-24(26(31)23-8-7-18(3)19(4)14-23)27(32)28(33)30(25)16-20-6-5-13-29-15-20/h5-15,17,25,31H,16H2,1-4H3/b26-24-. The normalized spacial score (nSPS) is 17.7. The molecule has 1 aliphatic rings. The lowest BCUT2D eigenvalue weighted by molar-refractivity contribution is -0.140. The summed E-state index contributed by atoms with van der Waals surface area (Å²) in [6.45, 7) is 8.39. The van der Waals surface area contributed by atoms with Gasteiger partial charge in [-0.25, -0.2) is 0 Å². The molecular formula is C28H28N2O3. The molecule has 1 saturated heterocycles. The van der Waals surface area contributed by atoms with Crippen LogP contribution in [0.5, 0.6) is 0 Å². The summed E-state index contributed by atoms with van der Waals surface area (Å²) in [5.41, 5.74) is 5.50. The van der Waals surface area contributed by atoms with Crippen molar-refractivity contribution in [1.82, 2.24) is 9.88 Å². The maximum atomic E-state index is 13.2. The van der Waals surface area contributed by atoms with Gasteiger partial charge in [0.1, 0.15) is 5.76 Å². The summed E-state index contributed by atoms with van der Waals surface area (Å²) < 4.78 is 0. The number of benzene rings is 2. The average Bonchev–Trinajstić information content (AvgIpc) is 3.06. The molecule has 1 fully saturated rings. The summed E-state index contributed by atoms with van der Waals surface area (Å²) in [4.78, 5) is 32.0. The monoisotopic (exact) mass is 440 g/mol. The molecule has 5 heteroatoms. The molecule has 3 aromatic rings. The lowest BCUT2D eigenvalue weighted by atomic mass is 9.92. The van der Waals surface area contributed by atoms with Crippen molar-refractivity contribution in [2.45, 2.75) is 46.2 Å². The van der Waals surface area contributed by atoms with E-state index < -0.39 is 17.7 Å². The Labute approximate surface area is 194 Å². The maximum absolute atomic E-state index is 13.2. The maximum Gasteiger partial charge on any atom is 0.295 e. The Morgan fingerprint density at radius 1 is 1.03 bits per heavy atom. The highest BCUT2D eigenvalue weighted by Gasteiger charge is 2.46. The molecule has 0 spiro atoms. The van der Waals surface area contributed by atoms with E-state index in [9.17, 15) is 14.7 Å². The lowest BCUT2D eigenvalue weighted by Crippen LogP contribution is -2.29. The third kappa shape index (κ3) is 4.31. The SMILES string of the molecule is Cc1ccc(/C(O)=C2/C(=O)C(=O)N(Cc3cccnc3)C2c2ccc(C(C)C)cc2)cc1C. The summed E-state index contributed by atoms with van der Waals surface area (Å²) in [5, 5.41) is 11.2. The van der Waals surface area contributed by atoms with Crippen LogP contribution in [0.3, 0.4) is 0 Å². The fourth-order valence-corrected chi connectivity index (χ4v) is 4.19. The van der Waals surface area contributed by atoms with Crippen LogP contribution in [0.2, 0.25) is 0 Å². The lowest BCUT2D eigenvalue weighted by Gasteiger charge is -2.25. The number of ketones is 1. The van der Waals surface area contributed by atoms with Crippen molar-refractivity contribution in [3.8, 4) is 0 Å². The largest absolute Gasteiger partial charge is 0.507 e. The number of likely N-dealkylation sites (tertiary alicyclic amines) is 1. The van der Waals surface area contributed by atoms with Gasteiger partial charge in [-0.05, 0) is 59.7 Å². The highest BCUT2D eigenvalue weighted by Crippen LogP contribution is 2.40. The van der Waals surface area contributed by atoms with Crippen LogP contribution in [0, 0.1) is 13.8 Å². The molecule has 1 N–H and O–H groups in total. The van der Waals surface area contributed by atoms with Crippen LogP contribution in [0.15, 0.2) is 72.6 Å². The Kier molecular flexibility index (Phi) is 6.14. The number of amides is 1. The van der Waals surface area contributed by atoms with E-state index in [-0.39, 0.29) is 17.9 Å². The first-order valence-electron chi connectivity index (χ1n) is 11.1. The van der Waals surface area contributed by atoms with Gasteiger partial charge in [0.2, 0.25) is 0 Å². The van der Waals surface area contributed by atoms with Crippen molar-refractivity contribution in [2.75, 3.05) is 0 Å². The number of Topliss-reactive ketones (excluding diaryl/α,β-unsaturated/α-hetero) is 1. The number of aryl methyl sites for hydroxylation is 2. The number of hydrogen-bond acceptors (Lipinski definition) is 4. The summed E-state index contributed by atoms with van der Waals surface area (Å²) in [7, 11) is 0. The van der Waals surface area contributed by atoms with Crippen LogP contribution in [-0.4, -0.2) is 26.7 Å². The Morgan fingerprint density at radius 3 is 2.36 bits per heavy atom. The summed E-state index contributed by atoms with van der Waals surface area (Å²) in [5.74, 6) is -1.09. The Bertz CT molecular complexity index is 1230. The molecule has 2 aromatic carbocycles. The van der Waals surface area contributed by atoms with E-state index in [1.807, 2.05) is 56.3 Å². The average molecular weight is 441 g/mol. The van der Waals surface area contributed by atoms with Crippen molar-refractivity contribution < 1.29 is 14.7 Å². The summed E-state index contributed by atoms with van der Waals surface area (Å²) >= 11 is 0. The number of pyridine rings is 1. The molecule has 33 heavy (non-hydrogen) atoms. The molecule has 1 aromatic heterocycles. The van der Waals surface area contributed by atoms with Crippen molar-refractivity contribution in [2.24, 2.45) is 0 Å². The minimum absolute atomic E-state index is 0.115. The predicted molar refractivity (Wildman–Crippen MR) is 129 cm³/mol. The van der Waals surface area contributed by atoms with Crippen molar-refractivity contribution in [3.63, 3.8) is 0 Å². The molecule has 1 aliphatic heterocycles. The molecule has 0 radical (unpaired) electrons. The van der Waals surface area contributed by atoms with E-state index in [1.54, 1.807) is 24.5 Å². The van der Waals surface area contributed by atoms with Crippen molar-refractivity contribution in [1.29, 1.82) is 0 Å². The van der Waals surface area contributed by atoms with E-state index in [2.05, 4.69) is 18.8 Å². The Morgan fingerprint density at radius 2 is 1.76 bits per heavy atom. The van der Waals surface area contributed by atoms with Crippen molar-refractivity contribution in [3.05, 3.63) is 106 Å². The Hall–Kier alpha value is -3.73. The molecule has 5 nitrogen and oxygen atoms in total. The zero-order valence-electron chi connectivity index (χ0n) is 19.4. The van der Waals surface area contributed by atoms with Crippen LogP contribution in [0.1, 0.15) is 59.2 Å². The van der Waals surface area contributed by atoms with Gasteiger partial charge in [-0.3, -0.25) is 14.6 Å². The number of aliphatic hydroxyl groups excluding tert-OH is 1. The Balaban J connectivity index is 1.86. The van der Waals surface area contributed by atoms with Gasteiger partial charge in [-0.1, -0.05) is 56.3 Å². The molecule has 2 heterocycles. The van der Waals surface area contributed by atoms with Gasteiger partial charge in [0.15, 0.2) is 0 Å². The van der Waals surface area contributed by atoms with Crippen LogP contribution < -0.4 is 0 Å². The van der Waals surface area contributed by atoms with E-state index in [0.717, 1.165) is 27.8 Å². The van der Waals surface area contributed by atoms with Gasteiger partial charge in [0, 0.05) is 24.5 Å². The van der Waals surface area contributed by atoms with Crippen molar-refractivity contribution >= 4 is 17.4 Å². The van der Waals surface area contributed by atoms with Gasteiger partial charge in [0.25, 0.3) is 11.7 Å². The second-order valence-corrected chi connectivity index (χ2v) is 8.91. The van der Waals surface area contributed by atoms with Gasteiger partial charge >= 0.3 is 0 Å². The fraction of sp³-hybridized carbons (Fsp3) is 0.250. The van der Waals surface area contributed by atoms with Crippen LogP contribution in [0.25, 0.3) is 5.76 Å². The number of nitrogens with zero attached hydrogens (tertiary/aromatic N) is 2. The molecule has 4 rings (SSSR count). The zero-order valence-corrected chi connectivity index (χ0v) is 19.4. The first-order valence-corrected chi connectivity index (χ1v) is 11.1. The van der Waals surface area contributed by atoms with Gasteiger partial charge in [-0.2, -0.15) is 0 Å². The van der Waals surface area contributed by atoms with Crippen LogP contribution in [0.4, 0.5) is 0 Å². The van der Waals surface area contributed by atoms with Gasteiger partial charge < -0.3 is 10.0 Å². The molecular weight excluding hydrogens is 412 g/mol. The topological polar surface area (TPSA) is 70.5 Å². The molecule has 0 bridgehead atoms. The van der Waals surface area contributed by atoms with Crippen LogP contribution in [-0.2, 0) is 16.1 Å². The van der Waals surface area contributed by atoms with E-state index in [4.69, 9.17) is 0 Å². The summed E-state index contributed by atoms with van der Waals surface area (Å²) in [6.07, 6.45) is 3.35. The molecule has 168 valence electrons. The number of aliphatic hydroxyl groups is 1. The zero-order chi connectivity index (χ0) is 23.7. The van der Waals surface area contributed by atoms with E-state index in [1.165, 1.54) is 4.90 Å². The van der Waals surface area contributed by atoms with E-state index >= 15 is 0 Å². The third-order valence-corrected chi connectivity index (χ3v) is 6.31.